The molecule has 2 aromatic carbocycles. The Balaban J connectivity index is 1.92. The predicted molar refractivity (Wildman–Crippen MR) is 81.2 cm³/mol. The van der Waals surface area contributed by atoms with Gasteiger partial charge in [-0.15, -0.1) is 0 Å². The summed E-state index contributed by atoms with van der Waals surface area (Å²) in [6.45, 7) is 2.61. The number of aromatic hydroxyl groups is 2. The molecule has 0 aliphatic carbocycles. The van der Waals surface area contributed by atoms with E-state index in [2.05, 4.69) is 12.2 Å². The Kier molecular flexibility index (Phi) is 4.88. The van der Waals surface area contributed by atoms with Crippen LogP contribution < -0.4 is 5.32 Å². The van der Waals surface area contributed by atoms with E-state index < -0.39 is 0 Å². The van der Waals surface area contributed by atoms with E-state index >= 15 is 0 Å². The maximum Gasteiger partial charge on any atom is 0.123 e. The van der Waals surface area contributed by atoms with E-state index in [1.165, 1.54) is 6.07 Å². The lowest BCUT2D eigenvalue weighted by atomic mass is 10.1. The highest BCUT2D eigenvalue weighted by Gasteiger charge is 2.08. The van der Waals surface area contributed by atoms with Gasteiger partial charge in [0.15, 0.2) is 0 Å². The van der Waals surface area contributed by atoms with Gasteiger partial charge in [0.25, 0.3) is 0 Å². The molecule has 0 heterocycles. The molecular formula is C16H18ClNO2. The van der Waals surface area contributed by atoms with E-state index in [0.717, 1.165) is 22.6 Å². The standard InChI is InChI=1S/C16H18ClNO2/c1-11(8-12-4-2-3-5-15(12)17)18-10-13-6-7-14(19)9-16(13)20/h2-7,9,11,18-20H,8,10H2,1H3. The summed E-state index contributed by atoms with van der Waals surface area (Å²) in [4.78, 5) is 0. The molecule has 3 N–H and O–H groups in total. The zero-order valence-corrected chi connectivity index (χ0v) is 12.1. The van der Waals surface area contributed by atoms with E-state index in [0.29, 0.717) is 6.54 Å². The van der Waals surface area contributed by atoms with Gasteiger partial charge in [-0.3, -0.25) is 0 Å². The molecule has 1 atom stereocenters. The number of phenols is 2. The second kappa shape index (κ2) is 6.64. The van der Waals surface area contributed by atoms with Crippen molar-refractivity contribution in [3.8, 4) is 11.5 Å². The van der Waals surface area contributed by atoms with Crippen molar-refractivity contribution in [2.75, 3.05) is 0 Å². The van der Waals surface area contributed by atoms with Gasteiger partial charge in [0.2, 0.25) is 0 Å². The number of hydrogen-bond donors (Lipinski definition) is 3. The van der Waals surface area contributed by atoms with Crippen LogP contribution in [0, 0.1) is 0 Å². The molecule has 4 heteroatoms. The van der Waals surface area contributed by atoms with Gasteiger partial charge in [-0.05, 0) is 31.0 Å². The Morgan fingerprint density at radius 1 is 1.10 bits per heavy atom. The first-order chi connectivity index (χ1) is 9.56. The number of benzene rings is 2. The van der Waals surface area contributed by atoms with Crippen molar-refractivity contribution >= 4 is 11.6 Å². The molecule has 0 fully saturated rings. The molecule has 0 radical (unpaired) electrons. The van der Waals surface area contributed by atoms with Crippen LogP contribution in [0.3, 0.4) is 0 Å². The van der Waals surface area contributed by atoms with Gasteiger partial charge in [0, 0.05) is 29.2 Å². The lowest BCUT2D eigenvalue weighted by molar-refractivity contribution is 0.440. The average molecular weight is 292 g/mol. The summed E-state index contributed by atoms with van der Waals surface area (Å²) in [6.07, 6.45) is 0.818. The summed E-state index contributed by atoms with van der Waals surface area (Å²) in [5.74, 6) is 0.165. The highest BCUT2D eigenvalue weighted by atomic mass is 35.5. The first-order valence-electron chi connectivity index (χ1n) is 6.54. The summed E-state index contributed by atoms with van der Waals surface area (Å²) >= 11 is 6.13. The van der Waals surface area contributed by atoms with E-state index in [9.17, 15) is 10.2 Å². The zero-order chi connectivity index (χ0) is 14.5. The van der Waals surface area contributed by atoms with Gasteiger partial charge in [-0.2, -0.15) is 0 Å². The number of rotatable bonds is 5. The second-order valence-electron chi connectivity index (χ2n) is 4.89. The van der Waals surface area contributed by atoms with Gasteiger partial charge in [-0.1, -0.05) is 35.9 Å². The van der Waals surface area contributed by atoms with Crippen molar-refractivity contribution in [1.29, 1.82) is 0 Å². The average Bonchev–Trinajstić information content (AvgIpc) is 2.40. The molecule has 0 aromatic heterocycles. The number of nitrogens with one attached hydrogen (secondary N) is 1. The van der Waals surface area contributed by atoms with Crippen LogP contribution in [0.4, 0.5) is 0 Å². The van der Waals surface area contributed by atoms with Crippen molar-refractivity contribution in [3.05, 3.63) is 58.6 Å². The number of hydrogen-bond acceptors (Lipinski definition) is 3. The Labute approximate surface area is 123 Å². The third kappa shape index (κ3) is 3.89. The monoisotopic (exact) mass is 291 g/mol. The summed E-state index contributed by atoms with van der Waals surface area (Å²) in [5, 5.41) is 23.1. The molecule has 0 aliphatic rings. The largest absolute Gasteiger partial charge is 0.508 e. The highest BCUT2D eigenvalue weighted by Crippen LogP contribution is 2.22. The highest BCUT2D eigenvalue weighted by molar-refractivity contribution is 6.31. The second-order valence-corrected chi connectivity index (χ2v) is 5.30. The molecular weight excluding hydrogens is 274 g/mol. The van der Waals surface area contributed by atoms with E-state index in [4.69, 9.17) is 11.6 Å². The Morgan fingerprint density at radius 2 is 1.85 bits per heavy atom. The molecule has 0 bridgehead atoms. The van der Waals surface area contributed by atoms with Crippen LogP contribution in [0.2, 0.25) is 5.02 Å². The van der Waals surface area contributed by atoms with Crippen molar-refractivity contribution in [1.82, 2.24) is 5.32 Å². The van der Waals surface area contributed by atoms with Crippen LogP contribution in [0.5, 0.6) is 11.5 Å². The summed E-state index contributed by atoms with van der Waals surface area (Å²) in [7, 11) is 0. The fraction of sp³-hybridized carbons (Fsp3) is 0.250. The van der Waals surface area contributed by atoms with Crippen LogP contribution in [-0.4, -0.2) is 16.3 Å². The van der Waals surface area contributed by atoms with E-state index in [-0.39, 0.29) is 17.5 Å². The Morgan fingerprint density at radius 3 is 2.55 bits per heavy atom. The van der Waals surface area contributed by atoms with Gasteiger partial charge in [0.05, 0.1) is 0 Å². The van der Waals surface area contributed by atoms with Gasteiger partial charge >= 0.3 is 0 Å². The fourth-order valence-corrected chi connectivity index (χ4v) is 2.26. The van der Waals surface area contributed by atoms with E-state index in [1.807, 2.05) is 24.3 Å². The molecule has 1 unspecified atom stereocenters. The van der Waals surface area contributed by atoms with Gasteiger partial charge < -0.3 is 15.5 Å². The summed E-state index contributed by atoms with van der Waals surface area (Å²) in [5.41, 5.74) is 1.86. The van der Waals surface area contributed by atoms with Crippen molar-refractivity contribution in [2.45, 2.75) is 25.9 Å². The molecule has 3 nitrogen and oxygen atoms in total. The van der Waals surface area contributed by atoms with Crippen molar-refractivity contribution in [3.63, 3.8) is 0 Å². The minimum atomic E-state index is 0.0652. The predicted octanol–water partition coefficient (Wildman–Crippen LogP) is 3.47. The van der Waals surface area contributed by atoms with Gasteiger partial charge in [-0.25, -0.2) is 0 Å². The molecule has 2 aromatic rings. The molecule has 0 spiro atoms. The smallest absolute Gasteiger partial charge is 0.123 e. The lowest BCUT2D eigenvalue weighted by Gasteiger charge is -2.15. The summed E-state index contributed by atoms with van der Waals surface area (Å²) < 4.78 is 0. The first kappa shape index (κ1) is 14.7. The minimum absolute atomic E-state index is 0.0652. The molecule has 106 valence electrons. The molecule has 0 amide bonds. The normalized spacial score (nSPS) is 12.3. The SMILES string of the molecule is CC(Cc1ccccc1Cl)NCc1ccc(O)cc1O. The minimum Gasteiger partial charge on any atom is -0.508 e. The zero-order valence-electron chi connectivity index (χ0n) is 11.3. The van der Waals surface area contributed by atoms with Crippen molar-refractivity contribution in [2.24, 2.45) is 0 Å². The number of halogens is 1. The van der Waals surface area contributed by atoms with Crippen LogP contribution >= 0.6 is 11.6 Å². The lowest BCUT2D eigenvalue weighted by Crippen LogP contribution is -2.27. The van der Waals surface area contributed by atoms with Crippen LogP contribution in [0.25, 0.3) is 0 Å². The summed E-state index contributed by atoms with van der Waals surface area (Å²) in [6, 6.07) is 12.6. The third-order valence-electron chi connectivity index (χ3n) is 3.19. The molecule has 0 saturated carbocycles. The molecule has 0 aliphatic heterocycles. The Hall–Kier alpha value is -1.71. The topological polar surface area (TPSA) is 52.5 Å². The van der Waals surface area contributed by atoms with Crippen molar-refractivity contribution < 1.29 is 10.2 Å². The maximum atomic E-state index is 9.72. The molecule has 2 rings (SSSR count). The third-order valence-corrected chi connectivity index (χ3v) is 3.56. The number of phenolic OH excluding ortho intramolecular Hbond substituents is 2. The quantitative estimate of drug-likeness (QED) is 0.790. The Bertz CT molecular complexity index is 586. The molecule has 20 heavy (non-hydrogen) atoms. The van der Waals surface area contributed by atoms with Crippen LogP contribution in [0.1, 0.15) is 18.1 Å². The van der Waals surface area contributed by atoms with Crippen LogP contribution in [-0.2, 0) is 13.0 Å². The fourth-order valence-electron chi connectivity index (χ4n) is 2.05. The maximum absolute atomic E-state index is 9.72. The van der Waals surface area contributed by atoms with E-state index in [1.54, 1.807) is 12.1 Å². The first-order valence-corrected chi connectivity index (χ1v) is 6.91. The molecule has 0 saturated heterocycles. The van der Waals surface area contributed by atoms with Gasteiger partial charge in [0.1, 0.15) is 11.5 Å². The van der Waals surface area contributed by atoms with Crippen LogP contribution in [0.15, 0.2) is 42.5 Å².